The molecule has 0 aliphatic heterocycles. The van der Waals surface area contributed by atoms with Crippen LogP contribution in [0.15, 0.2) is 24.3 Å². The zero-order chi connectivity index (χ0) is 15.1. The largest absolute Gasteiger partial charge is 0.497 e. The maximum atomic E-state index is 5.61. The van der Waals surface area contributed by atoms with Gasteiger partial charge in [-0.3, -0.25) is 0 Å². The van der Waals surface area contributed by atoms with E-state index >= 15 is 0 Å². The fraction of sp³-hybridized carbons (Fsp3) is 0.438. The number of pyridine rings is 1. The lowest BCUT2D eigenvalue weighted by atomic mass is 10.1. The fourth-order valence-corrected chi connectivity index (χ4v) is 3.18. The van der Waals surface area contributed by atoms with E-state index in [4.69, 9.17) is 10.6 Å². The summed E-state index contributed by atoms with van der Waals surface area (Å²) in [4.78, 5) is 4.59. The van der Waals surface area contributed by atoms with Crippen LogP contribution >= 0.6 is 11.8 Å². The molecule has 0 amide bonds. The van der Waals surface area contributed by atoms with Crippen LogP contribution in [0.25, 0.3) is 10.9 Å². The van der Waals surface area contributed by atoms with Crippen molar-refractivity contribution in [1.82, 2.24) is 4.98 Å². The van der Waals surface area contributed by atoms with Crippen LogP contribution in [0.3, 0.4) is 0 Å². The average Bonchev–Trinajstić information content (AvgIpc) is 2.53. The second-order valence-electron chi connectivity index (χ2n) is 4.96. The van der Waals surface area contributed by atoms with Gasteiger partial charge in [-0.05, 0) is 30.4 Å². The number of nitrogen functional groups attached to an aromatic ring is 1. The highest BCUT2D eigenvalue weighted by molar-refractivity contribution is 7.98. The van der Waals surface area contributed by atoms with Crippen LogP contribution in [0, 0.1) is 0 Å². The molecule has 0 saturated carbocycles. The van der Waals surface area contributed by atoms with E-state index in [0.717, 1.165) is 33.8 Å². The number of aromatic nitrogens is 1. The first-order valence-electron chi connectivity index (χ1n) is 7.30. The topological polar surface area (TPSA) is 60.2 Å². The smallest absolute Gasteiger partial charge is 0.144 e. The molecule has 2 rings (SSSR count). The van der Waals surface area contributed by atoms with Gasteiger partial charge in [-0.1, -0.05) is 19.8 Å². The van der Waals surface area contributed by atoms with Crippen LogP contribution in [-0.4, -0.2) is 17.8 Å². The molecule has 0 bridgehead atoms. The molecule has 3 N–H and O–H groups in total. The Hall–Kier alpha value is -1.46. The summed E-state index contributed by atoms with van der Waals surface area (Å²) in [6.45, 7) is 2.22. The number of thioether (sulfide) groups is 1. The molecular weight excluding hydrogens is 282 g/mol. The third-order valence-corrected chi connectivity index (χ3v) is 4.48. The summed E-state index contributed by atoms with van der Waals surface area (Å²) in [5.74, 6) is 9.27. The van der Waals surface area contributed by atoms with Crippen molar-refractivity contribution in [2.45, 2.75) is 31.9 Å². The third-order valence-electron chi connectivity index (χ3n) is 3.39. The number of nitrogens with zero attached hydrogens (tertiary/aromatic N) is 1. The molecular formula is C16H23N3OS. The molecule has 0 fully saturated rings. The number of fused-ring (bicyclic) bond motifs is 1. The van der Waals surface area contributed by atoms with Gasteiger partial charge in [0, 0.05) is 22.8 Å². The Bertz CT molecular complexity index is 589. The van der Waals surface area contributed by atoms with E-state index in [0.29, 0.717) is 0 Å². The van der Waals surface area contributed by atoms with Crippen molar-refractivity contribution in [2.24, 2.45) is 5.84 Å². The lowest BCUT2D eigenvalue weighted by Crippen LogP contribution is -2.11. The molecule has 0 spiro atoms. The van der Waals surface area contributed by atoms with Crippen molar-refractivity contribution in [3.63, 3.8) is 0 Å². The first kappa shape index (κ1) is 15.9. The van der Waals surface area contributed by atoms with Gasteiger partial charge >= 0.3 is 0 Å². The molecule has 0 aliphatic carbocycles. The van der Waals surface area contributed by atoms with Gasteiger partial charge in [0.2, 0.25) is 0 Å². The Kier molecular flexibility index (Phi) is 6.14. The Morgan fingerprint density at radius 2 is 2.14 bits per heavy atom. The summed E-state index contributed by atoms with van der Waals surface area (Å²) in [7, 11) is 1.66. The van der Waals surface area contributed by atoms with Gasteiger partial charge in [0.15, 0.2) is 0 Å². The predicted molar refractivity (Wildman–Crippen MR) is 91.8 cm³/mol. The van der Waals surface area contributed by atoms with Crippen LogP contribution in [0.5, 0.6) is 5.75 Å². The fourth-order valence-electron chi connectivity index (χ4n) is 2.19. The lowest BCUT2D eigenvalue weighted by molar-refractivity contribution is 0.415. The second-order valence-corrected chi connectivity index (χ2v) is 6.06. The van der Waals surface area contributed by atoms with Gasteiger partial charge in [-0.15, -0.1) is 0 Å². The van der Waals surface area contributed by atoms with E-state index in [-0.39, 0.29) is 0 Å². The average molecular weight is 305 g/mol. The third kappa shape index (κ3) is 4.25. The van der Waals surface area contributed by atoms with Gasteiger partial charge in [0.1, 0.15) is 11.6 Å². The van der Waals surface area contributed by atoms with E-state index in [1.165, 1.54) is 25.0 Å². The van der Waals surface area contributed by atoms with Crippen LogP contribution in [-0.2, 0) is 5.75 Å². The van der Waals surface area contributed by atoms with Crippen LogP contribution in [0.4, 0.5) is 5.82 Å². The molecule has 4 nitrogen and oxygen atoms in total. The highest BCUT2D eigenvalue weighted by atomic mass is 32.2. The Labute approximate surface area is 130 Å². The molecule has 1 aromatic heterocycles. The number of anilines is 1. The lowest BCUT2D eigenvalue weighted by Gasteiger charge is -2.10. The van der Waals surface area contributed by atoms with E-state index in [1.54, 1.807) is 7.11 Å². The number of hydrazine groups is 1. The number of rotatable bonds is 8. The van der Waals surface area contributed by atoms with Crippen molar-refractivity contribution in [1.29, 1.82) is 0 Å². The van der Waals surface area contributed by atoms with Crippen molar-refractivity contribution in [3.05, 3.63) is 29.8 Å². The number of nitrogens with two attached hydrogens (primary N) is 1. The molecule has 114 valence electrons. The van der Waals surface area contributed by atoms with Crippen molar-refractivity contribution in [3.8, 4) is 5.75 Å². The van der Waals surface area contributed by atoms with E-state index in [9.17, 15) is 0 Å². The number of hydrogen-bond donors (Lipinski definition) is 2. The summed E-state index contributed by atoms with van der Waals surface area (Å²) in [5.41, 5.74) is 4.75. The number of unbranched alkanes of at least 4 members (excludes halogenated alkanes) is 2. The van der Waals surface area contributed by atoms with E-state index in [2.05, 4.69) is 23.4 Å². The minimum Gasteiger partial charge on any atom is -0.497 e. The normalized spacial score (nSPS) is 10.8. The quantitative estimate of drug-likeness (QED) is 0.439. The van der Waals surface area contributed by atoms with Crippen LogP contribution in [0.2, 0.25) is 0 Å². The molecule has 2 aromatic rings. The molecule has 0 aliphatic rings. The van der Waals surface area contributed by atoms with E-state index < -0.39 is 0 Å². The van der Waals surface area contributed by atoms with Crippen molar-refractivity contribution >= 4 is 28.5 Å². The zero-order valence-electron chi connectivity index (χ0n) is 12.7. The number of ether oxygens (including phenoxy) is 1. The Morgan fingerprint density at radius 3 is 2.86 bits per heavy atom. The number of hydrogen-bond acceptors (Lipinski definition) is 5. The Morgan fingerprint density at radius 1 is 1.29 bits per heavy atom. The molecule has 0 atom stereocenters. The second kappa shape index (κ2) is 8.10. The van der Waals surface area contributed by atoms with Gasteiger partial charge in [0.05, 0.1) is 12.6 Å². The summed E-state index contributed by atoms with van der Waals surface area (Å²) in [5, 5.41) is 1.11. The van der Waals surface area contributed by atoms with Crippen LogP contribution in [0.1, 0.15) is 31.7 Å². The predicted octanol–water partition coefficient (Wildman–Crippen LogP) is 3.95. The van der Waals surface area contributed by atoms with Crippen LogP contribution < -0.4 is 16.0 Å². The Balaban J connectivity index is 2.14. The monoisotopic (exact) mass is 305 g/mol. The molecule has 0 unspecified atom stereocenters. The minimum atomic E-state index is 0.749. The van der Waals surface area contributed by atoms with Crippen molar-refractivity contribution in [2.75, 3.05) is 18.3 Å². The highest BCUT2D eigenvalue weighted by Gasteiger charge is 2.07. The maximum absolute atomic E-state index is 5.61. The standard InChI is InChI=1S/C16H23N3OS/c1-3-4-5-8-21-11-13-9-12-6-7-14(20-2)10-15(12)18-16(13)19-17/h6-7,9-10H,3-5,8,11,17H2,1-2H3,(H,18,19). The summed E-state index contributed by atoms with van der Waals surface area (Å²) >= 11 is 1.93. The molecule has 1 aromatic carbocycles. The first-order chi connectivity index (χ1) is 10.3. The first-order valence-corrected chi connectivity index (χ1v) is 8.46. The number of benzene rings is 1. The summed E-state index contributed by atoms with van der Waals surface area (Å²) in [6.07, 6.45) is 3.82. The van der Waals surface area contributed by atoms with Gasteiger partial charge < -0.3 is 10.2 Å². The summed E-state index contributed by atoms with van der Waals surface area (Å²) < 4.78 is 5.23. The molecule has 0 saturated heterocycles. The number of methoxy groups -OCH3 is 1. The molecule has 0 radical (unpaired) electrons. The van der Waals surface area contributed by atoms with Gasteiger partial charge in [-0.25, -0.2) is 10.8 Å². The van der Waals surface area contributed by atoms with Crippen molar-refractivity contribution < 1.29 is 4.74 Å². The van der Waals surface area contributed by atoms with Gasteiger partial charge in [0.25, 0.3) is 0 Å². The molecule has 1 heterocycles. The zero-order valence-corrected chi connectivity index (χ0v) is 13.5. The summed E-state index contributed by atoms with van der Waals surface area (Å²) in [6, 6.07) is 8.07. The SMILES string of the molecule is CCCCCSCc1cc2ccc(OC)cc2nc1NN. The van der Waals surface area contributed by atoms with Gasteiger partial charge in [-0.2, -0.15) is 11.8 Å². The maximum Gasteiger partial charge on any atom is 0.144 e. The number of nitrogens with one attached hydrogen (secondary N) is 1. The molecule has 21 heavy (non-hydrogen) atoms. The minimum absolute atomic E-state index is 0.749. The molecule has 5 heteroatoms. The van der Waals surface area contributed by atoms with E-state index in [1.807, 2.05) is 30.0 Å². The highest BCUT2D eigenvalue weighted by Crippen LogP contribution is 2.26.